The molecule has 90 valence electrons. The molecule has 2 rings (SSSR count). The molecule has 0 radical (unpaired) electrons. The summed E-state index contributed by atoms with van der Waals surface area (Å²) < 4.78 is 5.26. The van der Waals surface area contributed by atoms with E-state index < -0.39 is 5.54 Å². The van der Waals surface area contributed by atoms with Crippen molar-refractivity contribution >= 4 is 0 Å². The van der Waals surface area contributed by atoms with Crippen LogP contribution in [0.25, 0.3) is 0 Å². The minimum Gasteiger partial charge on any atom is -0.337 e. The third-order valence-corrected chi connectivity index (χ3v) is 2.78. The first kappa shape index (κ1) is 11.8. The Labute approximate surface area is 101 Å². The molecule has 0 saturated carbocycles. The van der Waals surface area contributed by atoms with Gasteiger partial charge in [-0.2, -0.15) is 4.98 Å². The van der Waals surface area contributed by atoms with Crippen LogP contribution in [0.2, 0.25) is 0 Å². The Morgan fingerprint density at radius 1 is 1.24 bits per heavy atom. The number of nitrogens with zero attached hydrogens (tertiary/aromatic N) is 2. The molecule has 0 bridgehead atoms. The monoisotopic (exact) mass is 231 g/mol. The molecule has 0 amide bonds. The number of aromatic nitrogens is 2. The van der Waals surface area contributed by atoms with E-state index in [1.165, 1.54) is 0 Å². The zero-order valence-corrected chi connectivity index (χ0v) is 10.3. The maximum Gasteiger partial charge on any atom is 0.251 e. The van der Waals surface area contributed by atoms with E-state index in [-0.39, 0.29) is 5.92 Å². The average Bonchev–Trinajstić information content (AvgIpc) is 2.80. The molecule has 1 unspecified atom stereocenters. The molecular formula is C13H17N3O. The fourth-order valence-corrected chi connectivity index (χ4v) is 1.59. The van der Waals surface area contributed by atoms with Crippen LogP contribution in [0.5, 0.6) is 0 Å². The molecule has 0 saturated heterocycles. The van der Waals surface area contributed by atoms with Crippen LogP contribution >= 0.6 is 0 Å². The Morgan fingerprint density at radius 2 is 1.88 bits per heavy atom. The molecule has 17 heavy (non-hydrogen) atoms. The maximum atomic E-state index is 6.28. The molecule has 0 spiro atoms. The lowest BCUT2D eigenvalue weighted by atomic mass is 9.93. The highest BCUT2D eigenvalue weighted by Gasteiger charge is 2.30. The normalized spacial score (nSPS) is 14.9. The third kappa shape index (κ3) is 2.22. The highest BCUT2D eigenvalue weighted by Crippen LogP contribution is 2.25. The largest absolute Gasteiger partial charge is 0.337 e. The lowest BCUT2D eigenvalue weighted by molar-refractivity contribution is 0.322. The van der Waals surface area contributed by atoms with Gasteiger partial charge >= 0.3 is 0 Å². The summed E-state index contributed by atoms with van der Waals surface area (Å²) in [5.41, 5.74) is 6.49. The molecule has 0 aliphatic heterocycles. The van der Waals surface area contributed by atoms with Crippen LogP contribution < -0.4 is 5.73 Å². The van der Waals surface area contributed by atoms with Crippen LogP contribution in [0, 0.1) is 0 Å². The van der Waals surface area contributed by atoms with Gasteiger partial charge in [-0.3, -0.25) is 0 Å². The first-order valence-electron chi connectivity index (χ1n) is 5.70. The summed E-state index contributed by atoms with van der Waals surface area (Å²) in [5.74, 6) is 1.37. The third-order valence-electron chi connectivity index (χ3n) is 2.78. The Balaban J connectivity index is 2.37. The van der Waals surface area contributed by atoms with Gasteiger partial charge in [0.1, 0.15) is 5.54 Å². The van der Waals surface area contributed by atoms with E-state index in [1.54, 1.807) is 0 Å². The predicted octanol–water partition coefficient (Wildman–Crippen LogP) is 2.42. The SMILES string of the molecule is CC(C)c1noc(C(C)(N)c2ccccc2)n1. The number of hydrogen-bond acceptors (Lipinski definition) is 4. The van der Waals surface area contributed by atoms with Gasteiger partial charge in [0.15, 0.2) is 5.82 Å². The zero-order valence-electron chi connectivity index (χ0n) is 10.3. The quantitative estimate of drug-likeness (QED) is 0.881. The fraction of sp³-hybridized carbons (Fsp3) is 0.385. The minimum atomic E-state index is -0.749. The van der Waals surface area contributed by atoms with E-state index in [0.29, 0.717) is 11.7 Å². The van der Waals surface area contributed by atoms with Crippen LogP contribution in [-0.4, -0.2) is 10.1 Å². The molecule has 0 aliphatic carbocycles. The summed E-state index contributed by atoms with van der Waals surface area (Å²) in [6, 6.07) is 9.76. The minimum absolute atomic E-state index is 0.235. The van der Waals surface area contributed by atoms with Crippen LogP contribution in [0.3, 0.4) is 0 Å². The molecule has 1 heterocycles. The van der Waals surface area contributed by atoms with Crippen molar-refractivity contribution in [2.75, 3.05) is 0 Å². The average molecular weight is 231 g/mol. The summed E-state index contributed by atoms with van der Waals surface area (Å²) in [5, 5.41) is 3.94. The molecule has 1 atom stereocenters. The van der Waals surface area contributed by atoms with E-state index in [1.807, 2.05) is 51.1 Å². The molecule has 2 N–H and O–H groups in total. The summed E-state index contributed by atoms with van der Waals surface area (Å²) in [6.07, 6.45) is 0. The Bertz CT molecular complexity index is 488. The first-order chi connectivity index (χ1) is 8.01. The number of rotatable bonds is 3. The van der Waals surface area contributed by atoms with Gasteiger partial charge in [0.2, 0.25) is 0 Å². The smallest absolute Gasteiger partial charge is 0.251 e. The summed E-state index contributed by atoms with van der Waals surface area (Å²) >= 11 is 0. The molecule has 1 aromatic heterocycles. The van der Waals surface area contributed by atoms with Crippen molar-refractivity contribution in [1.29, 1.82) is 0 Å². The summed E-state index contributed by atoms with van der Waals surface area (Å²) in [7, 11) is 0. The van der Waals surface area contributed by atoms with Crippen LogP contribution in [0.1, 0.15) is 44.0 Å². The summed E-state index contributed by atoms with van der Waals surface area (Å²) in [4.78, 5) is 4.36. The molecule has 2 aromatic rings. The topological polar surface area (TPSA) is 64.9 Å². The fourth-order valence-electron chi connectivity index (χ4n) is 1.59. The summed E-state index contributed by atoms with van der Waals surface area (Å²) in [6.45, 7) is 5.91. The lowest BCUT2D eigenvalue weighted by Crippen LogP contribution is -2.34. The van der Waals surface area contributed by atoms with Crippen molar-refractivity contribution < 1.29 is 4.52 Å². The van der Waals surface area contributed by atoms with Crippen molar-refractivity contribution in [3.8, 4) is 0 Å². The zero-order chi connectivity index (χ0) is 12.5. The van der Waals surface area contributed by atoms with Crippen molar-refractivity contribution in [2.45, 2.75) is 32.2 Å². The van der Waals surface area contributed by atoms with Gasteiger partial charge < -0.3 is 10.3 Å². The van der Waals surface area contributed by atoms with Gasteiger partial charge in [0.05, 0.1) is 0 Å². The van der Waals surface area contributed by atoms with Crippen LogP contribution in [0.4, 0.5) is 0 Å². The highest BCUT2D eigenvalue weighted by molar-refractivity contribution is 5.28. The van der Waals surface area contributed by atoms with Gasteiger partial charge in [-0.05, 0) is 12.5 Å². The molecular weight excluding hydrogens is 214 g/mol. The van der Waals surface area contributed by atoms with Crippen LogP contribution in [0.15, 0.2) is 34.9 Å². The van der Waals surface area contributed by atoms with E-state index in [4.69, 9.17) is 10.3 Å². The van der Waals surface area contributed by atoms with E-state index >= 15 is 0 Å². The van der Waals surface area contributed by atoms with Gasteiger partial charge in [-0.1, -0.05) is 49.3 Å². The Hall–Kier alpha value is -1.68. The number of benzene rings is 1. The molecule has 4 heteroatoms. The Kier molecular flexibility index (Phi) is 2.98. The molecule has 1 aromatic carbocycles. The van der Waals surface area contributed by atoms with Gasteiger partial charge in [-0.15, -0.1) is 0 Å². The van der Waals surface area contributed by atoms with Crippen LogP contribution in [-0.2, 0) is 5.54 Å². The van der Waals surface area contributed by atoms with Crippen molar-refractivity contribution in [3.05, 3.63) is 47.6 Å². The molecule has 0 aliphatic rings. The van der Waals surface area contributed by atoms with Gasteiger partial charge in [0, 0.05) is 5.92 Å². The second-order valence-electron chi connectivity index (χ2n) is 4.68. The maximum absolute atomic E-state index is 6.28. The number of hydrogen-bond donors (Lipinski definition) is 1. The van der Waals surface area contributed by atoms with Crippen molar-refractivity contribution in [3.63, 3.8) is 0 Å². The number of nitrogens with two attached hydrogens (primary N) is 1. The second-order valence-corrected chi connectivity index (χ2v) is 4.68. The van der Waals surface area contributed by atoms with E-state index in [0.717, 1.165) is 5.56 Å². The first-order valence-corrected chi connectivity index (χ1v) is 5.70. The van der Waals surface area contributed by atoms with Gasteiger partial charge in [-0.25, -0.2) is 0 Å². The highest BCUT2D eigenvalue weighted by atomic mass is 16.5. The molecule has 0 fully saturated rings. The van der Waals surface area contributed by atoms with E-state index in [9.17, 15) is 0 Å². The Morgan fingerprint density at radius 3 is 2.41 bits per heavy atom. The second kappa shape index (κ2) is 4.30. The van der Waals surface area contributed by atoms with Crippen molar-refractivity contribution in [1.82, 2.24) is 10.1 Å². The predicted molar refractivity (Wildman–Crippen MR) is 65.5 cm³/mol. The standard InChI is InChI=1S/C13H17N3O/c1-9(2)11-15-12(17-16-11)13(3,14)10-7-5-4-6-8-10/h4-9H,14H2,1-3H3. The lowest BCUT2D eigenvalue weighted by Gasteiger charge is -2.20. The van der Waals surface area contributed by atoms with Gasteiger partial charge in [0.25, 0.3) is 5.89 Å². The molecule has 4 nitrogen and oxygen atoms in total. The van der Waals surface area contributed by atoms with Crippen molar-refractivity contribution in [2.24, 2.45) is 5.73 Å². The van der Waals surface area contributed by atoms with E-state index in [2.05, 4.69) is 10.1 Å².